The number of fused-ring (bicyclic) bond motifs is 3. The molecule has 0 fully saturated rings. The van der Waals surface area contributed by atoms with Crippen molar-refractivity contribution in [3.05, 3.63) is 62.0 Å². The smallest absolute Gasteiger partial charge is 0.260 e. The van der Waals surface area contributed by atoms with E-state index in [-0.39, 0.29) is 5.56 Å². The van der Waals surface area contributed by atoms with Crippen LogP contribution in [0.5, 0.6) is 0 Å². The predicted octanol–water partition coefficient (Wildman–Crippen LogP) is 4.34. The lowest BCUT2D eigenvalue weighted by atomic mass is 9.97. The Morgan fingerprint density at radius 3 is 2.74 bits per heavy atom. The lowest BCUT2D eigenvalue weighted by molar-refractivity contribution is 0.700. The maximum Gasteiger partial charge on any atom is 0.260 e. The molecule has 1 aliphatic carbocycles. The van der Waals surface area contributed by atoms with Gasteiger partial charge in [0.05, 0.1) is 5.39 Å². The second-order valence-electron chi connectivity index (χ2n) is 6.09. The zero-order valence-electron chi connectivity index (χ0n) is 13.1. The van der Waals surface area contributed by atoms with Crippen LogP contribution in [0.3, 0.4) is 0 Å². The monoisotopic (exact) mass is 322 g/mol. The molecule has 23 heavy (non-hydrogen) atoms. The molecule has 4 rings (SSSR count). The fraction of sp³-hybridized carbons (Fsp3) is 0.263. The molecule has 1 aliphatic rings. The van der Waals surface area contributed by atoms with Crippen LogP contribution in [0.1, 0.15) is 40.2 Å². The van der Waals surface area contributed by atoms with Crippen molar-refractivity contribution in [1.29, 1.82) is 0 Å². The van der Waals surface area contributed by atoms with Crippen LogP contribution in [0.25, 0.3) is 22.4 Å². The topological polar surface area (TPSA) is 45.8 Å². The van der Waals surface area contributed by atoms with Gasteiger partial charge in [-0.25, -0.2) is 4.98 Å². The van der Waals surface area contributed by atoms with E-state index in [2.05, 4.69) is 41.2 Å². The number of hydrogen-bond donors (Lipinski definition) is 1. The second-order valence-corrected chi connectivity index (χ2v) is 7.17. The highest BCUT2D eigenvalue weighted by molar-refractivity contribution is 7.18. The average molecular weight is 322 g/mol. The molecule has 0 atom stereocenters. The number of thiophene rings is 1. The van der Waals surface area contributed by atoms with Crippen molar-refractivity contribution in [2.75, 3.05) is 0 Å². The van der Waals surface area contributed by atoms with Crippen molar-refractivity contribution in [2.45, 2.75) is 32.6 Å². The summed E-state index contributed by atoms with van der Waals surface area (Å²) in [5.41, 5.74) is 3.57. The number of aryl methyl sites for hydroxylation is 3. The number of rotatable bonds is 2. The van der Waals surface area contributed by atoms with Crippen LogP contribution in [-0.4, -0.2) is 9.97 Å². The molecule has 2 aromatic heterocycles. The minimum atomic E-state index is -0.00189. The molecule has 0 spiro atoms. The van der Waals surface area contributed by atoms with E-state index in [4.69, 9.17) is 0 Å². The third-order valence-electron chi connectivity index (χ3n) is 4.35. The van der Waals surface area contributed by atoms with Crippen LogP contribution in [0.4, 0.5) is 0 Å². The van der Waals surface area contributed by atoms with Gasteiger partial charge in [0.2, 0.25) is 0 Å². The van der Waals surface area contributed by atoms with E-state index in [1.165, 1.54) is 28.8 Å². The fourth-order valence-electron chi connectivity index (χ4n) is 3.11. The molecular weight excluding hydrogens is 304 g/mol. The summed E-state index contributed by atoms with van der Waals surface area (Å²) in [4.78, 5) is 22.3. The Hall–Kier alpha value is -2.20. The number of aromatic nitrogens is 2. The van der Waals surface area contributed by atoms with E-state index in [9.17, 15) is 4.79 Å². The quantitative estimate of drug-likeness (QED) is 0.763. The Bertz CT molecular complexity index is 948. The molecule has 116 valence electrons. The number of benzene rings is 1. The Labute approximate surface area is 138 Å². The summed E-state index contributed by atoms with van der Waals surface area (Å²) >= 11 is 1.69. The Morgan fingerprint density at radius 1 is 1.13 bits per heavy atom. The highest BCUT2D eigenvalue weighted by Gasteiger charge is 2.19. The molecule has 0 saturated carbocycles. The first-order valence-electron chi connectivity index (χ1n) is 8.00. The molecule has 1 N–H and O–H groups in total. The zero-order valence-corrected chi connectivity index (χ0v) is 13.9. The average Bonchev–Trinajstić information content (AvgIpc) is 2.93. The van der Waals surface area contributed by atoms with E-state index in [0.717, 1.165) is 28.6 Å². The molecular formula is C19H18N2OS. The summed E-state index contributed by atoms with van der Waals surface area (Å²) in [5, 5.41) is 0.817. The number of aromatic amines is 1. The van der Waals surface area contributed by atoms with Crippen LogP contribution in [0.2, 0.25) is 0 Å². The molecule has 0 aliphatic heterocycles. The van der Waals surface area contributed by atoms with Crippen molar-refractivity contribution in [3.8, 4) is 0 Å². The Morgan fingerprint density at radius 2 is 1.91 bits per heavy atom. The van der Waals surface area contributed by atoms with Crippen LogP contribution >= 0.6 is 11.3 Å². The van der Waals surface area contributed by atoms with Gasteiger partial charge in [0.1, 0.15) is 10.7 Å². The number of hydrogen-bond acceptors (Lipinski definition) is 3. The molecule has 4 heteroatoms. The van der Waals surface area contributed by atoms with Crippen LogP contribution in [-0.2, 0) is 12.8 Å². The lowest BCUT2D eigenvalue weighted by Gasteiger charge is -2.09. The van der Waals surface area contributed by atoms with Gasteiger partial charge in [-0.05, 0) is 49.8 Å². The van der Waals surface area contributed by atoms with E-state index in [0.29, 0.717) is 5.82 Å². The predicted molar refractivity (Wildman–Crippen MR) is 97.0 cm³/mol. The molecule has 0 amide bonds. The molecule has 0 unspecified atom stereocenters. The molecule has 2 heterocycles. The first kappa shape index (κ1) is 14.4. The summed E-state index contributed by atoms with van der Waals surface area (Å²) in [7, 11) is 0. The van der Waals surface area contributed by atoms with E-state index in [1.807, 2.05) is 12.2 Å². The lowest BCUT2D eigenvalue weighted by Crippen LogP contribution is -2.11. The van der Waals surface area contributed by atoms with Gasteiger partial charge >= 0.3 is 0 Å². The summed E-state index contributed by atoms with van der Waals surface area (Å²) in [6.45, 7) is 2.07. The number of nitrogens with one attached hydrogen (secondary N) is 1. The first-order valence-corrected chi connectivity index (χ1v) is 8.82. The van der Waals surface area contributed by atoms with Crippen molar-refractivity contribution < 1.29 is 0 Å². The second kappa shape index (κ2) is 5.78. The normalized spacial score (nSPS) is 14.5. The van der Waals surface area contributed by atoms with Crippen molar-refractivity contribution >= 4 is 33.7 Å². The molecule has 3 aromatic rings. The van der Waals surface area contributed by atoms with Gasteiger partial charge in [-0.15, -0.1) is 11.3 Å². The van der Waals surface area contributed by atoms with Gasteiger partial charge in [0, 0.05) is 4.88 Å². The van der Waals surface area contributed by atoms with Gasteiger partial charge < -0.3 is 4.98 Å². The summed E-state index contributed by atoms with van der Waals surface area (Å²) in [6, 6.07) is 8.28. The third kappa shape index (κ3) is 2.75. The SMILES string of the molecule is Cc1ccc(C=Cc2nc3sc4c(c3c(=O)[nH]2)CCCC4)cc1. The Balaban J connectivity index is 1.74. The number of nitrogens with zero attached hydrogens (tertiary/aromatic N) is 1. The summed E-state index contributed by atoms with van der Waals surface area (Å²) < 4.78 is 0. The summed E-state index contributed by atoms with van der Waals surface area (Å²) in [5.74, 6) is 0.627. The standard InChI is InChI=1S/C19H18N2OS/c1-12-6-8-13(9-7-12)10-11-16-20-18(22)17-14-4-2-3-5-15(14)23-19(17)21-16/h6-11H,2-5H2,1H3,(H,20,21,22). The third-order valence-corrected chi connectivity index (χ3v) is 5.54. The highest BCUT2D eigenvalue weighted by atomic mass is 32.1. The molecule has 0 radical (unpaired) electrons. The zero-order chi connectivity index (χ0) is 15.8. The van der Waals surface area contributed by atoms with Crippen molar-refractivity contribution in [2.24, 2.45) is 0 Å². The number of H-pyrrole nitrogens is 1. The van der Waals surface area contributed by atoms with Gasteiger partial charge in [-0.2, -0.15) is 0 Å². The minimum absolute atomic E-state index is 0.00189. The van der Waals surface area contributed by atoms with Crippen LogP contribution in [0, 0.1) is 6.92 Å². The molecule has 0 bridgehead atoms. The van der Waals surface area contributed by atoms with Gasteiger partial charge in [-0.1, -0.05) is 35.9 Å². The van der Waals surface area contributed by atoms with Crippen LogP contribution < -0.4 is 5.56 Å². The van der Waals surface area contributed by atoms with E-state index >= 15 is 0 Å². The molecule has 1 aromatic carbocycles. The van der Waals surface area contributed by atoms with Gasteiger partial charge in [0.15, 0.2) is 0 Å². The van der Waals surface area contributed by atoms with Gasteiger partial charge in [0.25, 0.3) is 5.56 Å². The van der Waals surface area contributed by atoms with E-state index in [1.54, 1.807) is 11.3 Å². The van der Waals surface area contributed by atoms with Crippen LogP contribution in [0.15, 0.2) is 29.1 Å². The molecule has 0 saturated heterocycles. The molecule has 3 nitrogen and oxygen atoms in total. The maximum atomic E-state index is 12.5. The van der Waals surface area contributed by atoms with E-state index < -0.39 is 0 Å². The fourth-order valence-corrected chi connectivity index (χ4v) is 4.38. The van der Waals surface area contributed by atoms with Gasteiger partial charge in [-0.3, -0.25) is 4.79 Å². The first-order chi connectivity index (χ1) is 11.2. The minimum Gasteiger partial charge on any atom is -0.306 e. The van der Waals surface area contributed by atoms with Crippen molar-refractivity contribution in [1.82, 2.24) is 9.97 Å². The maximum absolute atomic E-state index is 12.5. The Kier molecular flexibility index (Phi) is 3.62. The highest BCUT2D eigenvalue weighted by Crippen LogP contribution is 2.33. The van der Waals surface area contributed by atoms with Crippen molar-refractivity contribution in [3.63, 3.8) is 0 Å². The summed E-state index contributed by atoms with van der Waals surface area (Å²) in [6.07, 6.45) is 8.36. The largest absolute Gasteiger partial charge is 0.306 e.